The lowest BCUT2D eigenvalue weighted by Crippen LogP contribution is -2.71. The molecule has 1 saturated heterocycles. The Hall–Kier alpha value is -2.67. The minimum Gasteiger partial charge on any atom is -0.461 e. The molecule has 0 bridgehead atoms. The van der Waals surface area contributed by atoms with Gasteiger partial charge in [0.05, 0.1) is 13.2 Å². The summed E-state index contributed by atoms with van der Waals surface area (Å²) >= 11 is 0. The van der Waals surface area contributed by atoms with Crippen LogP contribution < -0.4 is 0 Å². The SMILES string of the molecule is O=C(C(=O)[N+]1(C(=O)C(=O)C2CCCCC2)CCCCC1C(=O)OCCCc1ccccc1)C1CCCCC1. The number of carbonyl (C=O) groups excluding carboxylic acids is 5. The van der Waals surface area contributed by atoms with Crippen LogP contribution in [0.3, 0.4) is 0 Å². The first-order chi connectivity index (χ1) is 18.4. The zero-order valence-corrected chi connectivity index (χ0v) is 22.5. The summed E-state index contributed by atoms with van der Waals surface area (Å²) in [7, 11) is 0. The molecule has 1 aliphatic heterocycles. The number of likely N-dealkylation sites (tertiary alicyclic amines) is 1. The quantitative estimate of drug-likeness (QED) is 0.198. The van der Waals surface area contributed by atoms with Gasteiger partial charge >= 0.3 is 17.8 Å². The van der Waals surface area contributed by atoms with Crippen molar-refractivity contribution in [2.75, 3.05) is 13.2 Å². The number of piperidine rings is 1. The second-order valence-electron chi connectivity index (χ2n) is 11.4. The lowest BCUT2D eigenvalue weighted by Gasteiger charge is -2.41. The summed E-state index contributed by atoms with van der Waals surface area (Å²) in [6.07, 6.45) is 10.7. The Kier molecular flexibility index (Phi) is 10.0. The number of imide groups is 1. The highest BCUT2D eigenvalue weighted by Crippen LogP contribution is 2.34. The molecule has 0 spiro atoms. The molecule has 1 aromatic carbocycles. The van der Waals surface area contributed by atoms with Crippen LogP contribution in [0.2, 0.25) is 0 Å². The van der Waals surface area contributed by atoms with E-state index in [0.717, 1.165) is 50.5 Å². The van der Waals surface area contributed by atoms with E-state index in [2.05, 4.69) is 0 Å². The highest BCUT2D eigenvalue weighted by molar-refractivity contribution is 6.42. The summed E-state index contributed by atoms with van der Waals surface area (Å²) in [5.74, 6) is -4.42. The van der Waals surface area contributed by atoms with Crippen LogP contribution in [0.1, 0.15) is 95.5 Å². The van der Waals surface area contributed by atoms with E-state index in [9.17, 15) is 24.0 Å². The van der Waals surface area contributed by atoms with Crippen LogP contribution in [0.15, 0.2) is 30.3 Å². The van der Waals surface area contributed by atoms with Crippen molar-refractivity contribution >= 4 is 29.4 Å². The van der Waals surface area contributed by atoms with Crippen LogP contribution >= 0.6 is 0 Å². The van der Waals surface area contributed by atoms with Gasteiger partial charge in [-0.2, -0.15) is 4.48 Å². The van der Waals surface area contributed by atoms with Gasteiger partial charge in [-0.3, -0.25) is 9.59 Å². The minimum atomic E-state index is -1.14. The zero-order valence-electron chi connectivity index (χ0n) is 22.5. The van der Waals surface area contributed by atoms with Crippen LogP contribution in [-0.4, -0.2) is 53.0 Å². The molecule has 3 fully saturated rings. The van der Waals surface area contributed by atoms with Crippen LogP contribution in [0.25, 0.3) is 0 Å². The first-order valence-corrected chi connectivity index (χ1v) is 14.7. The molecule has 2 saturated carbocycles. The molecule has 1 aromatic rings. The molecule has 0 aromatic heterocycles. The number of hydrogen-bond donors (Lipinski definition) is 0. The fourth-order valence-electron chi connectivity index (χ4n) is 6.61. The van der Waals surface area contributed by atoms with Crippen molar-refractivity contribution in [3.8, 4) is 0 Å². The average Bonchev–Trinajstić information content (AvgIpc) is 2.99. The molecule has 1 atom stereocenters. The number of Topliss-reactive ketones (excluding diaryl/α,β-unsaturated/α-hetero) is 2. The molecule has 3 aliphatic rings. The lowest BCUT2D eigenvalue weighted by atomic mass is 9.82. The van der Waals surface area contributed by atoms with Crippen molar-refractivity contribution in [3.05, 3.63) is 35.9 Å². The third-order valence-electron chi connectivity index (χ3n) is 8.84. The number of rotatable bonds is 9. The van der Waals surface area contributed by atoms with Gasteiger partial charge in [0.25, 0.3) is 11.6 Å². The predicted octanol–water partition coefficient (Wildman–Crippen LogP) is 4.88. The Morgan fingerprint density at radius 3 is 1.76 bits per heavy atom. The molecular weight excluding hydrogens is 482 g/mol. The van der Waals surface area contributed by atoms with Crippen molar-refractivity contribution in [1.82, 2.24) is 0 Å². The maximum Gasteiger partial charge on any atom is 0.390 e. The van der Waals surface area contributed by atoms with Gasteiger partial charge in [-0.15, -0.1) is 0 Å². The number of esters is 1. The summed E-state index contributed by atoms with van der Waals surface area (Å²) in [6, 6.07) is 8.74. The van der Waals surface area contributed by atoms with E-state index in [4.69, 9.17) is 4.74 Å². The second-order valence-corrected chi connectivity index (χ2v) is 11.4. The first kappa shape index (κ1) is 28.3. The van der Waals surface area contributed by atoms with Gasteiger partial charge in [0.15, 0.2) is 0 Å². The molecule has 0 radical (unpaired) electrons. The number of amides is 2. The van der Waals surface area contributed by atoms with Crippen LogP contribution in [0, 0.1) is 11.8 Å². The number of nitrogens with zero attached hydrogens (tertiary/aromatic N) is 1. The van der Waals surface area contributed by atoms with Crippen molar-refractivity contribution in [2.45, 2.75) is 102 Å². The third-order valence-corrected chi connectivity index (χ3v) is 8.84. The molecule has 7 heteroatoms. The Balaban J connectivity index is 1.56. The van der Waals surface area contributed by atoms with E-state index in [0.29, 0.717) is 44.9 Å². The Labute approximate surface area is 225 Å². The van der Waals surface area contributed by atoms with Crippen molar-refractivity contribution in [3.63, 3.8) is 0 Å². The van der Waals surface area contributed by atoms with Crippen LogP contribution in [0.5, 0.6) is 0 Å². The summed E-state index contributed by atoms with van der Waals surface area (Å²) < 4.78 is 4.64. The van der Waals surface area contributed by atoms with Gasteiger partial charge in [0.2, 0.25) is 6.04 Å². The van der Waals surface area contributed by atoms with E-state index in [-0.39, 0.29) is 19.6 Å². The Morgan fingerprint density at radius 1 is 0.684 bits per heavy atom. The molecule has 2 amide bonds. The number of ether oxygens (including phenoxy) is 1. The summed E-state index contributed by atoms with van der Waals surface area (Å²) in [6.45, 7) is 0.165. The average molecular weight is 525 g/mol. The fraction of sp³-hybridized carbons (Fsp3) is 0.645. The third kappa shape index (κ3) is 6.31. The van der Waals surface area contributed by atoms with Crippen molar-refractivity contribution < 1.29 is 33.2 Å². The maximum atomic E-state index is 14.0. The molecule has 38 heavy (non-hydrogen) atoms. The number of hydrogen-bond acceptors (Lipinski definition) is 6. The summed E-state index contributed by atoms with van der Waals surface area (Å²) in [4.78, 5) is 68.5. The fourth-order valence-corrected chi connectivity index (χ4v) is 6.61. The molecular formula is C31H42NO6+. The van der Waals surface area contributed by atoms with Gasteiger partial charge in [0, 0.05) is 18.3 Å². The van der Waals surface area contributed by atoms with Gasteiger partial charge in [-0.1, -0.05) is 68.9 Å². The number of quaternary nitrogens is 1. The molecule has 1 heterocycles. The van der Waals surface area contributed by atoms with E-state index in [1.165, 1.54) is 0 Å². The largest absolute Gasteiger partial charge is 0.461 e. The zero-order chi connectivity index (χ0) is 27.0. The molecule has 0 N–H and O–H groups in total. The van der Waals surface area contributed by atoms with Crippen molar-refractivity contribution in [2.24, 2.45) is 11.8 Å². The number of aryl methyl sites for hydroxylation is 1. The van der Waals surface area contributed by atoms with Gasteiger partial charge in [-0.25, -0.2) is 14.4 Å². The standard InChI is InChI=1S/C31H42NO6/c33-27(24-16-6-2-7-17-24)29(35)32(30(36)28(34)25-18-8-3-9-19-25)21-11-10-20-26(32)31(37)38-22-12-15-23-13-4-1-5-14-23/h1,4-5,13-14,24-26H,2-3,6-12,15-22H2/q+1. The molecule has 1 unspecified atom stereocenters. The highest BCUT2D eigenvalue weighted by Gasteiger charge is 2.61. The van der Waals surface area contributed by atoms with Gasteiger partial charge in [0.1, 0.15) is 0 Å². The lowest BCUT2D eigenvalue weighted by molar-refractivity contribution is -0.796. The van der Waals surface area contributed by atoms with Crippen molar-refractivity contribution in [1.29, 1.82) is 0 Å². The van der Waals surface area contributed by atoms with E-state index in [1.54, 1.807) is 0 Å². The number of benzene rings is 1. The number of carbonyl (C=O) groups is 5. The molecule has 2 aliphatic carbocycles. The topological polar surface area (TPSA) is 94.6 Å². The van der Waals surface area contributed by atoms with E-state index < -0.39 is 51.7 Å². The normalized spacial score (nSPS) is 22.4. The highest BCUT2D eigenvalue weighted by atomic mass is 16.5. The number of ketones is 2. The van der Waals surface area contributed by atoms with Crippen LogP contribution in [0.4, 0.5) is 0 Å². The second kappa shape index (κ2) is 13.4. The molecule has 7 nitrogen and oxygen atoms in total. The minimum absolute atomic E-state index is 0.0123. The van der Waals surface area contributed by atoms with E-state index in [1.807, 2.05) is 30.3 Å². The maximum absolute atomic E-state index is 14.0. The predicted molar refractivity (Wildman–Crippen MR) is 142 cm³/mol. The summed E-state index contributed by atoms with van der Waals surface area (Å²) in [5, 5.41) is 0. The van der Waals surface area contributed by atoms with Gasteiger partial charge in [-0.05, 0) is 56.9 Å². The van der Waals surface area contributed by atoms with E-state index >= 15 is 0 Å². The first-order valence-electron chi connectivity index (χ1n) is 14.7. The summed E-state index contributed by atoms with van der Waals surface area (Å²) in [5.41, 5.74) is 1.13. The van der Waals surface area contributed by atoms with Gasteiger partial charge < -0.3 is 4.74 Å². The Bertz CT molecular complexity index is 964. The Morgan fingerprint density at radius 2 is 1.21 bits per heavy atom. The molecule has 206 valence electrons. The van der Waals surface area contributed by atoms with Crippen LogP contribution in [-0.2, 0) is 35.1 Å². The monoisotopic (exact) mass is 524 g/mol. The molecule has 4 rings (SSSR count). The smallest absolute Gasteiger partial charge is 0.390 e.